The highest BCUT2D eigenvalue weighted by molar-refractivity contribution is 7.98. The predicted octanol–water partition coefficient (Wildman–Crippen LogP) is 3.41. The summed E-state index contributed by atoms with van der Waals surface area (Å²) in [7, 11) is 1.90. The van der Waals surface area contributed by atoms with Crippen molar-refractivity contribution in [1.82, 2.24) is 14.8 Å². The second-order valence-electron chi connectivity index (χ2n) is 5.65. The quantitative estimate of drug-likeness (QED) is 0.386. The third-order valence-corrected chi connectivity index (χ3v) is 5.07. The van der Waals surface area contributed by atoms with Crippen LogP contribution in [0.3, 0.4) is 0 Å². The zero-order chi connectivity index (χ0) is 18.1. The molecular weight excluding hydrogens is 356 g/mol. The molecule has 0 fully saturated rings. The normalized spacial score (nSPS) is 12.3. The molecule has 0 unspecified atom stereocenters. The van der Waals surface area contributed by atoms with E-state index in [-0.39, 0.29) is 12.5 Å². The zero-order valence-electron chi connectivity index (χ0n) is 13.8. The van der Waals surface area contributed by atoms with E-state index >= 15 is 0 Å². The first-order chi connectivity index (χ1) is 12.6. The Labute approximate surface area is 152 Å². The maximum Gasteiger partial charge on any atom is 0.269 e. The average Bonchev–Trinajstić information content (AvgIpc) is 3.26. The summed E-state index contributed by atoms with van der Waals surface area (Å²) in [5, 5.41) is 20.0. The lowest BCUT2D eigenvalue weighted by molar-refractivity contribution is -0.384. The molecular formula is C17H14N4O4S. The van der Waals surface area contributed by atoms with Crippen molar-refractivity contribution in [3.63, 3.8) is 0 Å². The number of benzene rings is 2. The van der Waals surface area contributed by atoms with Crippen molar-refractivity contribution in [2.45, 2.75) is 10.9 Å². The molecule has 3 aromatic rings. The summed E-state index contributed by atoms with van der Waals surface area (Å²) >= 11 is 1.52. The van der Waals surface area contributed by atoms with Gasteiger partial charge < -0.3 is 14.0 Å². The van der Waals surface area contributed by atoms with Crippen molar-refractivity contribution in [3.8, 4) is 22.9 Å². The molecule has 0 bridgehead atoms. The number of fused-ring (bicyclic) bond motifs is 1. The Kier molecular flexibility index (Phi) is 4.21. The molecule has 26 heavy (non-hydrogen) atoms. The highest BCUT2D eigenvalue weighted by Gasteiger charge is 2.17. The van der Waals surface area contributed by atoms with E-state index < -0.39 is 4.92 Å². The van der Waals surface area contributed by atoms with Gasteiger partial charge in [-0.3, -0.25) is 10.1 Å². The molecule has 0 radical (unpaired) electrons. The van der Waals surface area contributed by atoms with Crippen LogP contribution in [0.25, 0.3) is 11.4 Å². The van der Waals surface area contributed by atoms with Crippen LogP contribution in [0.4, 0.5) is 5.69 Å². The third-order valence-electron chi connectivity index (χ3n) is 3.98. The number of ether oxygens (including phenoxy) is 2. The molecule has 132 valence electrons. The Morgan fingerprint density at radius 3 is 2.69 bits per heavy atom. The average molecular weight is 370 g/mol. The van der Waals surface area contributed by atoms with Gasteiger partial charge in [0.25, 0.3) is 5.69 Å². The number of nitrogens with zero attached hydrogens (tertiary/aromatic N) is 4. The number of non-ortho nitro benzene ring substituents is 1. The van der Waals surface area contributed by atoms with E-state index in [2.05, 4.69) is 10.2 Å². The Bertz CT molecular complexity index is 971. The van der Waals surface area contributed by atoms with Gasteiger partial charge >= 0.3 is 0 Å². The van der Waals surface area contributed by atoms with Crippen LogP contribution in [0.5, 0.6) is 11.5 Å². The van der Waals surface area contributed by atoms with Crippen molar-refractivity contribution in [2.24, 2.45) is 7.05 Å². The lowest BCUT2D eigenvalue weighted by atomic mass is 10.2. The van der Waals surface area contributed by atoms with E-state index in [1.807, 2.05) is 29.8 Å². The van der Waals surface area contributed by atoms with E-state index in [4.69, 9.17) is 9.47 Å². The van der Waals surface area contributed by atoms with Gasteiger partial charge in [-0.25, -0.2) is 0 Å². The minimum absolute atomic E-state index is 0.0857. The monoisotopic (exact) mass is 370 g/mol. The minimum Gasteiger partial charge on any atom is -0.454 e. The number of hydrogen-bond acceptors (Lipinski definition) is 7. The maximum atomic E-state index is 10.7. The van der Waals surface area contributed by atoms with Crippen molar-refractivity contribution >= 4 is 17.4 Å². The molecule has 1 aliphatic heterocycles. The minimum atomic E-state index is -0.406. The molecule has 0 amide bonds. The van der Waals surface area contributed by atoms with Gasteiger partial charge in [0.15, 0.2) is 22.5 Å². The summed E-state index contributed by atoms with van der Waals surface area (Å²) in [5.74, 6) is 2.80. The van der Waals surface area contributed by atoms with Gasteiger partial charge in [0.05, 0.1) is 4.92 Å². The fourth-order valence-corrected chi connectivity index (χ4v) is 3.46. The molecule has 0 N–H and O–H groups in total. The van der Waals surface area contributed by atoms with Crippen LogP contribution in [0.15, 0.2) is 47.6 Å². The number of hydrogen-bond donors (Lipinski definition) is 0. The van der Waals surface area contributed by atoms with Gasteiger partial charge in [-0.05, 0) is 23.8 Å². The van der Waals surface area contributed by atoms with Crippen LogP contribution < -0.4 is 9.47 Å². The summed E-state index contributed by atoms with van der Waals surface area (Å²) in [5.41, 5.74) is 1.96. The second kappa shape index (κ2) is 6.68. The van der Waals surface area contributed by atoms with E-state index in [1.165, 1.54) is 23.9 Å². The van der Waals surface area contributed by atoms with Crippen LogP contribution in [0.1, 0.15) is 5.56 Å². The van der Waals surface area contributed by atoms with Crippen LogP contribution in [0, 0.1) is 10.1 Å². The Morgan fingerprint density at radius 2 is 1.92 bits per heavy atom. The molecule has 1 aliphatic rings. The van der Waals surface area contributed by atoms with Crippen LogP contribution in [0.2, 0.25) is 0 Å². The maximum absolute atomic E-state index is 10.7. The van der Waals surface area contributed by atoms with Gasteiger partial charge in [-0.2, -0.15) is 0 Å². The molecule has 0 atom stereocenters. The van der Waals surface area contributed by atoms with Crippen molar-refractivity contribution < 1.29 is 14.4 Å². The van der Waals surface area contributed by atoms with Gasteiger partial charge in [0, 0.05) is 30.5 Å². The molecule has 0 aliphatic carbocycles. The zero-order valence-corrected chi connectivity index (χ0v) is 14.6. The number of rotatable bonds is 5. The number of nitro benzene ring substituents is 1. The fourth-order valence-electron chi connectivity index (χ4n) is 2.59. The summed E-state index contributed by atoms with van der Waals surface area (Å²) in [4.78, 5) is 10.3. The van der Waals surface area contributed by atoms with Crippen LogP contribution in [-0.4, -0.2) is 26.5 Å². The van der Waals surface area contributed by atoms with Gasteiger partial charge in [-0.1, -0.05) is 23.9 Å². The summed E-state index contributed by atoms with van der Waals surface area (Å²) in [6.45, 7) is 0.230. The summed E-state index contributed by atoms with van der Waals surface area (Å²) in [6, 6.07) is 12.2. The fraction of sp³-hybridized carbons (Fsp3) is 0.176. The van der Waals surface area contributed by atoms with Gasteiger partial charge in [0.2, 0.25) is 6.79 Å². The van der Waals surface area contributed by atoms with Crippen molar-refractivity contribution in [1.29, 1.82) is 0 Å². The standard InChI is InChI=1S/C17H14N4O4S/c1-20-16(12-4-7-14-15(8-12)25-10-24-14)18-19-17(20)26-9-11-2-5-13(6-3-11)21(22)23/h2-8H,9-10H2,1H3. The molecule has 0 saturated heterocycles. The Morgan fingerprint density at radius 1 is 1.15 bits per heavy atom. The molecule has 8 nitrogen and oxygen atoms in total. The molecule has 4 rings (SSSR count). The first-order valence-corrected chi connectivity index (χ1v) is 8.76. The van der Waals surface area contributed by atoms with Crippen molar-refractivity contribution in [2.75, 3.05) is 6.79 Å². The Hall–Kier alpha value is -3.07. The summed E-state index contributed by atoms with van der Waals surface area (Å²) < 4.78 is 12.6. The highest BCUT2D eigenvalue weighted by Crippen LogP contribution is 2.36. The van der Waals surface area contributed by atoms with E-state index in [0.29, 0.717) is 11.5 Å². The topological polar surface area (TPSA) is 92.3 Å². The molecule has 0 saturated carbocycles. The Balaban J connectivity index is 1.49. The molecule has 2 aromatic carbocycles. The summed E-state index contributed by atoms with van der Waals surface area (Å²) in [6.07, 6.45) is 0. The second-order valence-corrected chi connectivity index (χ2v) is 6.59. The number of aromatic nitrogens is 3. The SMILES string of the molecule is Cn1c(SCc2ccc([N+](=O)[O-])cc2)nnc1-c1ccc2c(c1)OCO2. The first-order valence-electron chi connectivity index (χ1n) is 7.77. The molecule has 9 heteroatoms. The highest BCUT2D eigenvalue weighted by atomic mass is 32.2. The number of thioether (sulfide) groups is 1. The lowest BCUT2D eigenvalue weighted by Gasteiger charge is -2.05. The molecule has 2 heterocycles. The predicted molar refractivity (Wildman–Crippen MR) is 95.2 cm³/mol. The first kappa shape index (κ1) is 16.4. The number of nitro groups is 1. The molecule has 1 aromatic heterocycles. The lowest BCUT2D eigenvalue weighted by Crippen LogP contribution is -1.95. The largest absolute Gasteiger partial charge is 0.454 e. The van der Waals surface area contributed by atoms with Gasteiger partial charge in [-0.15, -0.1) is 10.2 Å². The van der Waals surface area contributed by atoms with E-state index in [1.54, 1.807) is 12.1 Å². The third kappa shape index (κ3) is 3.08. The van der Waals surface area contributed by atoms with E-state index in [9.17, 15) is 10.1 Å². The molecule has 0 spiro atoms. The van der Waals surface area contributed by atoms with Gasteiger partial charge in [0.1, 0.15) is 0 Å². The van der Waals surface area contributed by atoms with Crippen LogP contribution >= 0.6 is 11.8 Å². The van der Waals surface area contributed by atoms with Crippen LogP contribution in [-0.2, 0) is 12.8 Å². The van der Waals surface area contributed by atoms with E-state index in [0.717, 1.165) is 27.9 Å². The smallest absolute Gasteiger partial charge is 0.269 e. The van der Waals surface area contributed by atoms with Crippen molar-refractivity contribution in [3.05, 3.63) is 58.1 Å².